The molecular formula is C27H51NO3. The number of hydrogen-bond donors (Lipinski definition) is 3. The molecule has 0 unspecified atom stereocenters. The van der Waals surface area contributed by atoms with Gasteiger partial charge in [0.2, 0.25) is 5.91 Å². The highest BCUT2D eigenvalue weighted by Crippen LogP contribution is 2.38. The lowest BCUT2D eigenvalue weighted by Crippen LogP contribution is -2.45. The number of aliphatic hydroxyl groups is 2. The Morgan fingerprint density at radius 2 is 1.29 bits per heavy atom. The molecule has 31 heavy (non-hydrogen) atoms. The van der Waals surface area contributed by atoms with Gasteiger partial charge in [0.1, 0.15) is 0 Å². The molecule has 0 bridgehead atoms. The van der Waals surface area contributed by atoms with E-state index < -0.39 is 12.1 Å². The number of carbonyl (C=O) groups excluding carboxylic acids is 1. The molecule has 0 spiro atoms. The molecule has 0 aromatic rings. The Hall–Kier alpha value is -0.870. The van der Waals surface area contributed by atoms with E-state index in [2.05, 4.69) is 19.2 Å². The number of aliphatic hydroxyl groups excluding tert-OH is 2. The Kier molecular flexibility index (Phi) is 17.0. The summed E-state index contributed by atoms with van der Waals surface area (Å²) in [7, 11) is 0. The van der Waals surface area contributed by atoms with Crippen LogP contribution in [0.4, 0.5) is 0 Å². The molecular weight excluding hydrogens is 386 g/mol. The molecule has 1 aliphatic carbocycles. The number of unbranched alkanes of at least 4 members (excludes halogenated alkanes) is 14. The lowest BCUT2D eigenvalue weighted by atomic mass is 10.0. The quantitative estimate of drug-likeness (QED) is 0.132. The summed E-state index contributed by atoms with van der Waals surface area (Å²) >= 11 is 0. The first-order valence-corrected chi connectivity index (χ1v) is 13.4. The summed E-state index contributed by atoms with van der Waals surface area (Å²) in [6, 6.07) is -0.562. The van der Waals surface area contributed by atoms with Crippen LogP contribution < -0.4 is 5.32 Å². The molecule has 0 saturated heterocycles. The van der Waals surface area contributed by atoms with E-state index in [0.717, 1.165) is 31.3 Å². The normalized spacial score (nSPS) is 15.2. The second-order valence-electron chi connectivity index (χ2n) is 9.56. The highest BCUT2D eigenvalue weighted by molar-refractivity contribution is 5.76. The van der Waals surface area contributed by atoms with Gasteiger partial charge in [-0.25, -0.2) is 0 Å². The van der Waals surface area contributed by atoms with Crippen LogP contribution >= 0.6 is 0 Å². The van der Waals surface area contributed by atoms with Crippen LogP contribution in [0.25, 0.3) is 0 Å². The van der Waals surface area contributed by atoms with Crippen LogP contribution in [0.3, 0.4) is 0 Å². The zero-order valence-electron chi connectivity index (χ0n) is 20.6. The van der Waals surface area contributed by atoms with E-state index in [1.807, 2.05) is 0 Å². The van der Waals surface area contributed by atoms with Gasteiger partial charge in [-0.15, -0.1) is 0 Å². The maximum absolute atomic E-state index is 12.1. The van der Waals surface area contributed by atoms with Gasteiger partial charge in [-0.3, -0.25) is 4.79 Å². The van der Waals surface area contributed by atoms with Crippen LogP contribution in [-0.2, 0) is 4.79 Å². The van der Waals surface area contributed by atoms with Gasteiger partial charge < -0.3 is 15.5 Å². The van der Waals surface area contributed by atoms with Crippen molar-refractivity contribution in [2.75, 3.05) is 6.61 Å². The monoisotopic (exact) mass is 437 g/mol. The molecule has 1 amide bonds. The van der Waals surface area contributed by atoms with Crippen molar-refractivity contribution >= 4 is 5.91 Å². The first-order valence-electron chi connectivity index (χ1n) is 13.4. The summed E-state index contributed by atoms with van der Waals surface area (Å²) in [4.78, 5) is 12.1. The van der Waals surface area contributed by atoms with Gasteiger partial charge in [0.15, 0.2) is 0 Å². The summed E-state index contributed by atoms with van der Waals surface area (Å²) in [5.74, 6) is -0.0530. The van der Waals surface area contributed by atoms with Crippen LogP contribution in [0.15, 0.2) is 11.1 Å². The third kappa shape index (κ3) is 14.0. The molecule has 0 aromatic carbocycles. The average Bonchev–Trinajstić information content (AvgIpc) is 3.54. The molecule has 2 atom stereocenters. The molecule has 0 fully saturated rings. The first kappa shape index (κ1) is 28.2. The van der Waals surface area contributed by atoms with Gasteiger partial charge in [-0.05, 0) is 31.3 Å². The van der Waals surface area contributed by atoms with E-state index in [1.165, 1.54) is 95.5 Å². The summed E-state index contributed by atoms with van der Waals surface area (Å²) in [6.45, 7) is 4.23. The topological polar surface area (TPSA) is 69.6 Å². The minimum absolute atomic E-state index is 0.0530. The van der Waals surface area contributed by atoms with E-state index in [0.29, 0.717) is 6.42 Å². The fraction of sp³-hybridized carbons (Fsp3) is 0.889. The second-order valence-corrected chi connectivity index (χ2v) is 9.56. The van der Waals surface area contributed by atoms with Crippen molar-refractivity contribution in [3.8, 4) is 0 Å². The number of rotatable bonds is 22. The number of hydrogen-bond acceptors (Lipinski definition) is 3. The summed E-state index contributed by atoms with van der Waals surface area (Å²) in [5.41, 5.74) is 2.39. The van der Waals surface area contributed by atoms with Gasteiger partial charge in [0, 0.05) is 6.42 Å². The first-order chi connectivity index (χ1) is 15.1. The van der Waals surface area contributed by atoms with Gasteiger partial charge >= 0.3 is 0 Å². The lowest BCUT2D eigenvalue weighted by molar-refractivity contribution is -0.123. The second kappa shape index (κ2) is 18.7. The van der Waals surface area contributed by atoms with Crippen molar-refractivity contribution in [3.05, 3.63) is 11.1 Å². The van der Waals surface area contributed by atoms with Crippen molar-refractivity contribution in [3.63, 3.8) is 0 Å². The Balaban J connectivity index is 2.09. The molecule has 1 aliphatic rings. The number of carbonyl (C=O) groups is 1. The summed E-state index contributed by atoms with van der Waals surface area (Å²) in [5, 5.41) is 23.0. The molecule has 0 aliphatic heterocycles. The molecule has 3 N–H and O–H groups in total. The lowest BCUT2D eigenvalue weighted by Gasteiger charge is -2.20. The SMILES string of the molecule is CCCCCCCCCCCCCC1=C([C@@H](O)[C@H](CO)NC(=O)CCCCCCC)C1. The predicted molar refractivity (Wildman–Crippen MR) is 131 cm³/mol. The average molecular weight is 438 g/mol. The van der Waals surface area contributed by atoms with Crippen molar-refractivity contribution in [2.45, 2.75) is 148 Å². The molecule has 1 rings (SSSR count). The maximum Gasteiger partial charge on any atom is 0.220 e. The van der Waals surface area contributed by atoms with Crippen molar-refractivity contribution in [2.24, 2.45) is 0 Å². The molecule has 0 radical (unpaired) electrons. The van der Waals surface area contributed by atoms with E-state index in [-0.39, 0.29) is 12.5 Å². The zero-order valence-corrected chi connectivity index (χ0v) is 20.6. The van der Waals surface area contributed by atoms with Crippen LogP contribution in [0.1, 0.15) is 136 Å². The van der Waals surface area contributed by atoms with Crippen molar-refractivity contribution in [1.29, 1.82) is 0 Å². The Labute approximate surface area is 192 Å². The molecule has 0 aromatic heterocycles. The number of amides is 1. The van der Waals surface area contributed by atoms with Gasteiger partial charge in [0.25, 0.3) is 0 Å². The molecule has 4 nitrogen and oxygen atoms in total. The number of allylic oxidation sites excluding steroid dienone is 1. The van der Waals surface area contributed by atoms with Crippen molar-refractivity contribution in [1.82, 2.24) is 5.32 Å². The third-order valence-electron chi connectivity index (χ3n) is 6.60. The van der Waals surface area contributed by atoms with Gasteiger partial charge in [-0.1, -0.05) is 109 Å². The standard InChI is InChI=1S/C27H51NO3/c1-3-5-7-9-10-11-12-13-14-16-17-19-23-21-24(23)27(31)25(22-29)28-26(30)20-18-15-8-6-4-2/h25,27,29,31H,3-22H2,1-2H3,(H,28,30)/t25-,27+/m0/s1. The summed E-state index contributed by atoms with van der Waals surface area (Å²) < 4.78 is 0. The van der Waals surface area contributed by atoms with Crippen LogP contribution in [-0.4, -0.2) is 34.9 Å². The molecule has 0 saturated carbocycles. The van der Waals surface area contributed by atoms with Gasteiger partial charge in [-0.2, -0.15) is 0 Å². The minimum Gasteiger partial charge on any atom is -0.394 e. The van der Waals surface area contributed by atoms with E-state index in [9.17, 15) is 15.0 Å². The highest BCUT2D eigenvalue weighted by Gasteiger charge is 2.33. The molecule has 182 valence electrons. The highest BCUT2D eigenvalue weighted by atomic mass is 16.3. The van der Waals surface area contributed by atoms with E-state index in [4.69, 9.17) is 0 Å². The van der Waals surface area contributed by atoms with Crippen LogP contribution in [0, 0.1) is 0 Å². The van der Waals surface area contributed by atoms with E-state index >= 15 is 0 Å². The third-order valence-corrected chi connectivity index (χ3v) is 6.60. The molecule has 0 heterocycles. The van der Waals surface area contributed by atoms with Crippen LogP contribution in [0.5, 0.6) is 0 Å². The Morgan fingerprint density at radius 3 is 1.81 bits per heavy atom. The largest absolute Gasteiger partial charge is 0.394 e. The summed E-state index contributed by atoms with van der Waals surface area (Å²) in [6.07, 6.45) is 22.0. The zero-order chi connectivity index (χ0) is 22.7. The van der Waals surface area contributed by atoms with Crippen molar-refractivity contribution < 1.29 is 15.0 Å². The fourth-order valence-electron chi connectivity index (χ4n) is 4.39. The number of nitrogens with one attached hydrogen (secondary N) is 1. The molecule has 4 heteroatoms. The Morgan fingerprint density at radius 1 is 0.806 bits per heavy atom. The Bertz CT molecular complexity index is 489. The smallest absolute Gasteiger partial charge is 0.220 e. The minimum atomic E-state index is -0.725. The maximum atomic E-state index is 12.1. The van der Waals surface area contributed by atoms with E-state index in [1.54, 1.807) is 0 Å². The van der Waals surface area contributed by atoms with Gasteiger partial charge in [0.05, 0.1) is 18.8 Å². The fourth-order valence-corrected chi connectivity index (χ4v) is 4.39. The van der Waals surface area contributed by atoms with Crippen LogP contribution in [0.2, 0.25) is 0 Å². The predicted octanol–water partition coefficient (Wildman–Crippen LogP) is 6.59.